The number of nitro groups is 1. The number of nitrogens with one attached hydrogen (secondary N) is 2. The Hall–Kier alpha value is -4.08. The van der Waals surface area contributed by atoms with E-state index in [0.29, 0.717) is 11.4 Å². The number of para-hydroxylation sites is 1. The molecule has 1 heterocycles. The van der Waals surface area contributed by atoms with Crippen molar-refractivity contribution >= 4 is 34.7 Å². The number of halogens is 1. The third-order valence-electron chi connectivity index (χ3n) is 3.79. The molecule has 0 bridgehead atoms. The number of hydrogen-bond acceptors (Lipinski definition) is 8. The number of esters is 1. The van der Waals surface area contributed by atoms with E-state index < -0.39 is 22.4 Å². The maximum Gasteiger partial charge on any atom is 0.353 e. The summed E-state index contributed by atoms with van der Waals surface area (Å²) < 4.78 is 18.1. The quantitative estimate of drug-likeness (QED) is 0.346. The van der Waals surface area contributed by atoms with Gasteiger partial charge in [0.15, 0.2) is 0 Å². The molecule has 0 spiro atoms. The summed E-state index contributed by atoms with van der Waals surface area (Å²) in [5.41, 5.74) is 0.470. The third kappa shape index (κ3) is 4.61. The zero-order valence-corrected chi connectivity index (χ0v) is 15.3. The Bertz CT molecular complexity index is 1040. The van der Waals surface area contributed by atoms with Gasteiger partial charge in [0.05, 0.1) is 22.8 Å². The van der Waals surface area contributed by atoms with E-state index in [0.717, 1.165) is 6.33 Å². The van der Waals surface area contributed by atoms with Crippen LogP contribution in [0.3, 0.4) is 0 Å². The van der Waals surface area contributed by atoms with Crippen LogP contribution in [0, 0.1) is 15.9 Å². The van der Waals surface area contributed by atoms with Gasteiger partial charge in [-0.25, -0.2) is 19.2 Å². The Morgan fingerprint density at radius 1 is 1.10 bits per heavy atom. The van der Waals surface area contributed by atoms with E-state index in [1.807, 2.05) is 0 Å². The second-order valence-corrected chi connectivity index (χ2v) is 5.70. The van der Waals surface area contributed by atoms with Gasteiger partial charge in [-0.05, 0) is 43.3 Å². The van der Waals surface area contributed by atoms with Crippen LogP contribution in [0.25, 0.3) is 0 Å². The van der Waals surface area contributed by atoms with Crippen LogP contribution in [0.1, 0.15) is 17.3 Å². The van der Waals surface area contributed by atoms with Gasteiger partial charge in [0.25, 0.3) is 0 Å². The fourth-order valence-electron chi connectivity index (χ4n) is 2.51. The van der Waals surface area contributed by atoms with E-state index in [-0.39, 0.29) is 23.8 Å². The number of carbonyl (C=O) groups is 1. The average molecular weight is 397 g/mol. The van der Waals surface area contributed by atoms with E-state index in [4.69, 9.17) is 4.74 Å². The van der Waals surface area contributed by atoms with E-state index >= 15 is 0 Å². The molecule has 0 saturated heterocycles. The van der Waals surface area contributed by atoms with Crippen molar-refractivity contribution in [2.24, 2.45) is 0 Å². The Morgan fingerprint density at radius 2 is 1.76 bits per heavy atom. The van der Waals surface area contributed by atoms with Crippen LogP contribution < -0.4 is 10.6 Å². The molecule has 3 aromatic rings. The summed E-state index contributed by atoms with van der Waals surface area (Å²) in [6, 6.07) is 11.7. The summed E-state index contributed by atoms with van der Waals surface area (Å²) in [7, 11) is 0. The lowest BCUT2D eigenvalue weighted by Gasteiger charge is -2.12. The Morgan fingerprint density at radius 3 is 2.41 bits per heavy atom. The largest absolute Gasteiger partial charge is 0.462 e. The summed E-state index contributed by atoms with van der Waals surface area (Å²) in [5.74, 6) is -1.22. The monoisotopic (exact) mass is 397 g/mol. The first kappa shape index (κ1) is 19.7. The molecule has 0 aliphatic rings. The molecular weight excluding hydrogens is 381 g/mol. The minimum atomic E-state index is -0.652. The van der Waals surface area contributed by atoms with Crippen molar-refractivity contribution in [2.75, 3.05) is 17.2 Å². The van der Waals surface area contributed by atoms with Crippen LogP contribution in [-0.4, -0.2) is 27.5 Å². The number of nitrogens with zero attached hydrogens (tertiary/aromatic N) is 3. The molecule has 0 aliphatic heterocycles. The van der Waals surface area contributed by atoms with Crippen LogP contribution in [0.15, 0.2) is 54.9 Å². The van der Waals surface area contributed by atoms with Crippen LogP contribution in [0.4, 0.5) is 33.1 Å². The van der Waals surface area contributed by atoms with E-state index in [1.54, 1.807) is 25.1 Å². The van der Waals surface area contributed by atoms with E-state index in [2.05, 4.69) is 20.6 Å². The average Bonchev–Trinajstić information content (AvgIpc) is 2.70. The molecule has 29 heavy (non-hydrogen) atoms. The molecule has 0 fully saturated rings. The van der Waals surface area contributed by atoms with E-state index in [9.17, 15) is 19.3 Å². The molecule has 0 atom stereocenters. The summed E-state index contributed by atoms with van der Waals surface area (Å²) >= 11 is 0. The molecule has 10 heteroatoms. The molecule has 148 valence electrons. The van der Waals surface area contributed by atoms with Crippen molar-refractivity contribution in [2.45, 2.75) is 6.92 Å². The normalized spacial score (nSPS) is 10.3. The first-order valence-electron chi connectivity index (χ1n) is 8.54. The highest BCUT2D eigenvalue weighted by Crippen LogP contribution is 2.33. The zero-order chi connectivity index (χ0) is 20.8. The number of anilines is 4. The second-order valence-electron chi connectivity index (χ2n) is 5.70. The van der Waals surface area contributed by atoms with Gasteiger partial charge < -0.3 is 15.4 Å². The molecule has 9 nitrogen and oxygen atoms in total. The number of carbonyl (C=O) groups excluding carboxylic acids is 1. The SMILES string of the molecule is CCOC(=O)c1ccccc1Nc1ncnc(Nc2ccc(F)cc2)c1[N+](=O)[O-]. The van der Waals surface area contributed by atoms with Crippen molar-refractivity contribution in [3.05, 3.63) is 76.4 Å². The highest BCUT2D eigenvalue weighted by atomic mass is 19.1. The van der Waals surface area contributed by atoms with Gasteiger partial charge >= 0.3 is 11.7 Å². The summed E-state index contributed by atoms with van der Waals surface area (Å²) in [4.78, 5) is 31.0. The van der Waals surface area contributed by atoms with Gasteiger partial charge in [0, 0.05) is 5.69 Å². The number of benzene rings is 2. The summed E-state index contributed by atoms with van der Waals surface area (Å²) in [5, 5.41) is 17.3. The van der Waals surface area contributed by atoms with Gasteiger partial charge in [-0.2, -0.15) is 0 Å². The van der Waals surface area contributed by atoms with Crippen molar-refractivity contribution in [1.82, 2.24) is 9.97 Å². The van der Waals surface area contributed by atoms with Gasteiger partial charge in [-0.15, -0.1) is 0 Å². The summed E-state index contributed by atoms with van der Waals surface area (Å²) in [6.07, 6.45) is 1.13. The first-order valence-corrected chi connectivity index (χ1v) is 8.54. The Kier molecular flexibility index (Phi) is 5.93. The minimum Gasteiger partial charge on any atom is -0.462 e. The molecule has 0 aliphatic carbocycles. The standard InChI is InChI=1S/C19H16FN5O4/c1-2-29-19(26)14-5-3-4-6-15(14)24-18-16(25(27)28)17(21-11-22-18)23-13-9-7-12(20)8-10-13/h3-11H,2H2,1H3,(H2,21,22,23,24). The minimum absolute atomic E-state index is 0.0901. The molecule has 3 rings (SSSR count). The topological polar surface area (TPSA) is 119 Å². The number of hydrogen-bond donors (Lipinski definition) is 2. The molecule has 0 radical (unpaired) electrons. The maximum atomic E-state index is 13.1. The fraction of sp³-hybridized carbons (Fsp3) is 0.105. The third-order valence-corrected chi connectivity index (χ3v) is 3.79. The lowest BCUT2D eigenvalue weighted by Crippen LogP contribution is -2.10. The highest BCUT2D eigenvalue weighted by Gasteiger charge is 2.24. The molecule has 2 aromatic carbocycles. The predicted octanol–water partition coefficient (Wildman–Crippen LogP) is 4.19. The fourth-order valence-corrected chi connectivity index (χ4v) is 2.51. The molecule has 0 saturated carbocycles. The Balaban J connectivity index is 1.98. The van der Waals surface area contributed by atoms with Gasteiger partial charge in [0.2, 0.25) is 11.6 Å². The van der Waals surface area contributed by atoms with Crippen molar-refractivity contribution in [3.8, 4) is 0 Å². The second kappa shape index (κ2) is 8.74. The predicted molar refractivity (Wildman–Crippen MR) is 104 cm³/mol. The lowest BCUT2D eigenvalue weighted by atomic mass is 10.2. The van der Waals surface area contributed by atoms with Gasteiger partial charge in [-0.3, -0.25) is 10.1 Å². The maximum absolute atomic E-state index is 13.1. The van der Waals surface area contributed by atoms with Crippen LogP contribution >= 0.6 is 0 Å². The van der Waals surface area contributed by atoms with Gasteiger partial charge in [-0.1, -0.05) is 12.1 Å². The molecule has 0 unspecified atom stereocenters. The first-order chi connectivity index (χ1) is 14.0. The van der Waals surface area contributed by atoms with E-state index in [1.165, 1.54) is 30.3 Å². The number of ether oxygens (including phenoxy) is 1. The molecular formula is C19H16FN5O4. The Labute approximate surface area is 164 Å². The highest BCUT2D eigenvalue weighted by molar-refractivity contribution is 5.97. The molecule has 2 N–H and O–H groups in total. The van der Waals surface area contributed by atoms with Crippen molar-refractivity contribution in [1.29, 1.82) is 0 Å². The number of rotatable bonds is 7. The van der Waals surface area contributed by atoms with Crippen LogP contribution in [0.2, 0.25) is 0 Å². The molecule has 0 amide bonds. The van der Waals surface area contributed by atoms with Gasteiger partial charge in [0.1, 0.15) is 12.1 Å². The number of aromatic nitrogens is 2. The van der Waals surface area contributed by atoms with Crippen LogP contribution in [0.5, 0.6) is 0 Å². The lowest BCUT2D eigenvalue weighted by molar-refractivity contribution is -0.383. The smallest absolute Gasteiger partial charge is 0.353 e. The van der Waals surface area contributed by atoms with Crippen molar-refractivity contribution < 1.29 is 18.8 Å². The summed E-state index contributed by atoms with van der Waals surface area (Å²) in [6.45, 7) is 1.86. The molecule has 1 aromatic heterocycles. The zero-order valence-electron chi connectivity index (χ0n) is 15.3. The van der Waals surface area contributed by atoms with Crippen LogP contribution in [-0.2, 0) is 4.74 Å². The van der Waals surface area contributed by atoms with Crippen molar-refractivity contribution in [3.63, 3.8) is 0 Å².